The van der Waals surface area contributed by atoms with Gasteiger partial charge in [-0.05, 0) is 48.1 Å². The molecule has 1 aromatic heterocycles. The van der Waals surface area contributed by atoms with Gasteiger partial charge in [-0.2, -0.15) is 0 Å². The predicted molar refractivity (Wildman–Crippen MR) is 111 cm³/mol. The summed E-state index contributed by atoms with van der Waals surface area (Å²) in [6.07, 6.45) is 1.73. The zero-order valence-corrected chi connectivity index (χ0v) is 16.4. The number of nitrogens with zero attached hydrogens (tertiary/aromatic N) is 1. The van der Waals surface area contributed by atoms with Crippen LogP contribution in [-0.2, 0) is 6.54 Å². The number of nitrogens with one attached hydrogen (secondary N) is 1. The van der Waals surface area contributed by atoms with E-state index in [9.17, 15) is 9.59 Å². The highest BCUT2D eigenvalue weighted by Crippen LogP contribution is 2.20. The van der Waals surface area contributed by atoms with Gasteiger partial charge in [-0.15, -0.1) is 0 Å². The Morgan fingerprint density at radius 1 is 1.14 bits per heavy atom. The van der Waals surface area contributed by atoms with E-state index in [1.54, 1.807) is 31.4 Å². The van der Waals surface area contributed by atoms with Crippen LogP contribution in [0.15, 0.2) is 63.8 Å². The Labute approximate surface area is 169 Å². The predicted octanol–water partition coefficient (Wildman–Crippen LogP) is 3.20. The molecule has 0 bridgehead atoms. The molecule has 0 radical (unpaired) electrons. The summed E-state index contributed by atoms with van der Waals surface area (Å²) >= 11 is 0. The molecular weight excluding hydrogens is 368 g/mol. The number of amides is 1. The van der Waals surface area contributed by atoms with Crippen LogP contribution in [0.1, 0.15) is 29.0 Å². The number of ether oxygens (including phenoxy) is 1. The number of likely N-dealkylation sites (tertiary alicyclic amines) is 1. The van der Waals surface area contributed by atoms with Crippen molar-refractivity contribution in [3.63, 3.8) is 0 Å². The third kappa shape index (κ3) is 4.49. The first-order valence-corrected chi connectivity index (χ1v) is 9.81. The van der Waals surface area contributed by atoms with Gasteiger partial charge in [0.1, 0.15) is 5.75 Å². The minimum Gasteiger partial charge on any atom is -0.497 e. The first-order valence-electron chi connectivity index (χ1n) is 9.81. The van der Waals surface area contributed by atoms with Crippen molar-refractivity contribution in [2.45, 2.75) is 25.4 Å². The zero-order chi connectivity index (χ0) is 20.2. The highest BCUT2D eigenvalue weighted by molar-refractivity contribution is 5.95. The molecule has 1 N–H and O–H groups in total. The van der Waals surface area contributed by atoms with Gasteiger partial charge < -0.3 is 14.5 Å². The van der Waals surface area contributed by atoms with Crippen molar-refractivity contribution in [2.75, 3.05) is 20.2 Å². The molecule has 2 heterocycles. The fraction of sp³-hybridized carbons (Fsp3) is 0.304. The van der Waals surface area contributed by atoms with Crippen LogP contribution in [0.4, 0.5) is 0 Å². The molecule has 0 unspecified atom stereocenters. The largest absolute Gasteiger partial charge is 0.497 e. The van der Waals surface area contributed by atoms with Gasteiger partial charge in [-0.1, -0.05) is 30.3 Å². The fourth-order valence-corrected chi connectivity index (χ4v) is 3.74. The van der Waals surface area contributed by atoms with E-state index in [2.05, 4.69) is 34.5 Å². The molecule has 6 nitrogen and oxygen atoms in total. The molecule has 2 aromatic carbocycles. The number of methoxy groups -OCH3 is 1. The molecule has 0 saturated carbocycles. The van der Waals surface area contributed by atoms with Gasteiger partial charge in [0.05, 0.1) is 12.5 Å². The maximum Gasteiger partial charge on any atom is 0.344 e. The van der Waals surface area contributed by atoms with Crippen LogP contribution < -0.4 is 15.7 Å². The van der Waals surface area contributed by atoms with Crippen LogP contribution in [0.2, 0.25) is 0 Å². The molecule has 0 atom stereocenters. The minimum absolute atomic E-state index is 0.0301. The van der Waals surface area contributed by atoms with Gasteiger partial charge in [0.2, 0.25) is 0 Å². The summed E-state index contributed by atoms with van der Waals surface area (Å²) in [5, 5.41) is 4.07. The molecule has 1 aliphatic heterocycles. The second kappa shape index (κ2) is 8.49. The minimum atomic E-state index is -0.520. The number of carbonyl (C=O) groups excluding carboxylic acids is 1. The van der Waals surface area contributed by atoms with Crippen LogP contribution in [0.25, 0.3) is 10.8 Å². The standard InChI is InChI=1S/C23H24N2O4/c1-28-19-7-8-20-17(13-19)14-21(29-23(20)27)22(26)24-18-9-11-25(12-10-18)15-16-5-3-2-4-6-16/h2-8,13-14,18H,9-12,15H2,1H3,(H,24,26). The van der Waals surface area contributed by atoms with Gasteiger partial charge >= 0.3 is 5.63 Å². The molecule has 0 spiro atoms. The number of rotatable bonds is 5. The molecular formula is C23H24N2O4. The Balaban J connectivity index is 1.39. The van der Waals surface area contributed by atoms with E-state index >= 15 is 0 Å². The summed E-state index contributed by atoms with van der Waals surface area (Å²) in [6, 6.07) is 17.1. The van der Waals surface area contributed by atoms with Crippen LogP contribution in [0.3, 0.4) is 0 Å². The monoisotopic (exact) mass is 392 g/mol. The molecule has 150 valence electrons. The van der Waals surface area contributed by atoms with Gasteiger partial charge in [-0.3, -0.25) is 9.69 Å². The SMILES string of the molecule is COc1ccc2c(=O)oc(C(=O)NC3CCN(Cc4ccccc4)CC3)cc2c1. The number of hydrogen-bond acceptors (Lipinski definition) is 5. The summed E-state index contributed by atoms with van der Waals surface area (Å²) in [6.45, 7) is 2.75. The van der Waals surface area contributed by atoms with E-state index in [-0.39, 0.29) is 17.7 Å². The number of piperidine rings is 1. The molecule has 1 saturated heterocycles. The summed E-state index contributed by atoms with van der Waals surface area (Å²) in [5.41, 5.74) is 0.774. The summed E-state index contributed by atoms with van der Waals surface area (Å²) in [7, 11) is 1.56. The lowest BCUT2D eigenvalue weighted by molar-refractivity contribution is 0.0877. The second-order valence-electron chi connectivity index (χ2n) is 7.36. The Kier molecular flexibility index (Phi) is 5.62. The fourth-order valence-electron chi connectivity index (χ4n) is 3.74. The smallest absolute Gasteiger partial charge is 0.344 e. The Morgan fingerprint density at radius 3 is 2.62 bits per heavy atom. The first kappa shape index (κ1) is 19.2. The molecule has 4 rings (SSSR count). The van der Waals surface area contributed by atoms with Gasteiger partial charge in [0, 0.05) is 25.7 Å². The lowest BCUT2D eigenvalue weighted by Crippen LogP contribution is -2.44. The number of carbonyl (C=O) groups is 1. The van der Waals surface area contributed by atoms with E-state index in [0.717, 1.165) is 32.5 Å². The maximum atomic E-state index is 12.6. The molecule has 3 aromatic rings. The average molecular weight is 392 g/mol. The van der Waals surface area contributed by atoms with Crippen molar-refractivity contribution in [3.8, 4) is 5.75 Å². The molecule has 1 amide bonds. The van der Waals surface area contributed by atoms with Crippen molar-refractivity contribution in [2.24, 2.45) is 0 Å². The van der Waals surface area contributed by atoms with E-state index < -0.39 is 5.63 Å². The van der Waals surface area contributed by atoms with Crippen molar-refractivity contribution in [3.05, 3.63) is 76.3 Å². The van der Waals surface area contributed by atoms with Crippen molar-refractivity contribution >= 4 is 16.7 Å². The van der Waals surface area contributed by atoms with Crippen molar-refractivity contribution < 1.29 is 13.9 Å². The Bertz CT molecular complexity index is 1050. The van der Waals surface area contributed by atoms with E-state index in [0.29, 0.717) is 16.5 Å². The third-order valence-electron chi connectivity index (χ3n) is 5.36. The van der Waals surface area contributed by atoms with Gasteiger partial charge in [-0.25, -0.2) is 4.79 Å². The maximum absolute atomic E-state index is 12.6. The van der Waals surface area contributed by atoms with Crippen molar-refractivity contribution in [1.29, 1.82) is 0 Å². The highest BCUT2D eigenvalue weighted by Gasteiger charge is 2.22. The van der Waals surface area contributed by atoms with E-state index in [1.165, 1.54) is 5.56 Å². The van der Waals surface area contributed by atoms with E-state index in [1.807, 2.05) is 6.07 Å². The van der Waals surface area contributed by atoms with Gasteiger partial charge in [0.15, 0.2) is 5.76 Å². The lowest BCUT2D eigenvalue weighted by atomic mass is 10.0. The zero-order valence-electron chi connectivity index (χ0n) is 16.4. The topological polar surface area (TPSA) is 71.8 Å². The number of fused-ring (bicyclic) bond motifs is 1. The first-order chi connectivity index (χ1) is 14.1. The second-order valence-corrected chi connectivity index (χ2v) is 7.36. The summed E-state index contributed by atoms with van der Waals surface area (Å²) < 4.78 is 10.4. The summed E-state index contributed by atoms with van der Waals surface area (Å²) in [5.74, 6) is 0.302. The number of hydrogen-bond donors (Lipinski definition) is 1. The molecule has 6 heteroatoms. The Morgan fingerprint density at radius 2 is 1.90 bits per heavy atom. The normalized spacial score (nSPS) is 15.3. The molecule has 1 fully saturated rings. The number of benzene rings is 2. The third-order valence-corrected chi connectivity index (χ3v) is 5.36. The highest BCUT2D eigenvalue weighted by atomic mass is 16.5. The molecule has 0 aliphatic carbocycles. The van der Waals surface area contributed by atoms with Crippen LogP contribution in [0, 0.1) is 0 Å². The van der Waals surface area contributed by atoms with Crippen LogP contribution in [0.5, 0.6) is 5.75 Å². The molecule has 1 aliphatic rings. The van der Waals surface area contributed by atoms with Crippen molar-refractivity contribution in [1.82, 2.24) is 10.2 Å². The molecule has 29 heavy (non-hydrogen) atoms. The summed E-state index contributed by atoms with van der Waals surface area (Å²) in [4.78, 5) is 27.3. The van der Waals surface area contributed by atoms with Crippen LogP contribution >= 0.6 is 0 Å². The average Bonchev–Trinajstić information content (AvgIpc) is 2.75. The van der Waals surface area contributed by atoms with Crippen LogP contribution in [-0.4, -0.2) is 37.0 Å². The Hall–Kier alpha value is -3.12. The lowest BCUT2D eigenvalue weighted by Gasteiger charge is -2.32. The van der Waals surface area contributed by atoms with Gasteiger partial charge in [0.25, 0.3) is 5.91 Å². The van der Waals surface area contributed by atoms with E-state index in [4.69, 9.17) is 9.15 Å². The quantitative estimate of drug-likeness (QED) is 0.722.